The quantitative estimate of drug-likeness (QED) is 0.785. The monoisotopic (exact) mass is 311 g/mol. The first-order valence-corrected chi connectivity index (χ1v) is 7.94. The summed E-state index contributed by atoms with van der Waals surface area (Å²) in [7, 11) is 0. The molecule has 108 valence electrons. The predicted molar refractivity (Wildman–Crippen MR) is 86.5 cm³/mol. The Labute approximate surface area is 128 Å². The van der Waals surface area contributed by atoms with Crippen LogP contribution in [-0.4, -0.2) is 23.2 Å². The molecule has 0 spiro atoms. The number of thioether (sulfide) groups is 1. The number of rotatable bonds is 7. The van der Waals surface area contributed by atoms with E-state index >= 15 is 0 Å². The second-order valence-corrected chi connectivity index (χ2v) is 5.96. The van der Waals surface area contributed by atoms with E-state index in [9.17, 15) is 0 Å². The Kier molecular flexibility index (Phi) is 6.36. The largest absolute Gasteiger partial charge is 0.377 e. The first kappa shape index (κ1) is 15.4. The third-order valence-electron chi connectivity index (χ3n) is 2.86. The summed E-state index contributed by atoms with van der Waals surface area (Å²) in [6, 6.07) is 7.73. The molecule has 2 rings (SSSR count). The van der Waals surface area contributed by atoms with E-state index in [0.29, 0.717) is 11.8 Å². The van der Waals surface area contributed by atoms with Crippen LogP contribution in [0.5, 0.6) is 0 Å². The van der Waals surface area contributed by atoms with Crippen molar-refractivity contribution in [3.63, 3.8) is 0 Å². The standard InChI is InChI=1S/C14H18ClN3OS/c15-12-6-4-11(5-7-12)9-19-8-2-1-3-13-10-20-14(16)18-17-13/h4-7H,1-3,8-10H2,(H2,16,18). The van der Waals surface area contributed by atoms with Crippen molar-refractivity contribution in [2.24, 2.45) is 15.9 Å². The van der Waals surface area contributed by atoms with Gasteiger partial charge in [-0.25, -0.2) is 0 Å². The van der Waals surface area contributed by atoms with Crippen molar-refractivity contribution in [1.82, 2.24) is 0 Å². The molecule has 0 aromatic heterocycles. The zero-order valence-corrected chi connectivity index (χ0v) is 12.8. The third-order valence-corrected chi connectivity index (χ3v) is 3.97. The Balaban J connectivity index is 1.55. The normalized spacial score (nSPS) is 14.8. The van der Waals surface area contributed by atoms with Crippen LogP contribution in [0.1, 0.15) is 24.8 Å². The van der Waals surface area contributed by atoms with Gasteiger partial charge in [0, 0.05) is 17.4 Å². The molecule has 1 aliphatic rings. The van der Waals surface area contributed by atoms with Gasteiger partial charge in [0.05, 0.1) is 12.3 Å². The number of nitrogens with zero attached hydrogens (tertiary/aromatic N) is 2. The Morgan fingerprint density at radius 3 is 2.70 bits per heavy atom. The number of ether oxygens (including phenoxy) is 1. The van der Waals surface area contributed by atoms with Crippen LogP contribution in [0.4, 0.5) is 0 Å². The lowest BCUT2D eigenvalue weighted by Gasteiger charge is -2.09. The molecule has 0 amide bonds. The number of hydrogen-bond donors (Lipinski definition) is 1. The number of halogens is 1. The summed E-state index contributed by atoms with van der Waals surface area (Å²) >= 11 is 7.37. The molecule has 1 aliphatic heterocycles. The molecule has 0 fully saturated rings. The van der Waals surface area contributed by atoms with Crippen LogP contribution >= 0.6 is 23.4 Å². The van der Waals surface area contributed by atoms with Crippen molar-refractivity contribution in [3.8, 4) is 0 Å². The summed E-state index contributed by atoms with van der Waals surface area (Å²) in [6.45, 7) is 1.39. The second kappa shape index (κ2) is 8.29. The molecule has 1 heterocycles. The molecule has 0 saturated heterocycles. The minimum atomic E-state index is 0.556. The Morgan fingerprint density at radius 2 is 2.00 bits per heavy atom. The maximum Gasteiger partial charge on any atom is 0.180 e. The highest BCUT2D eigenvalue weighted by Crippen LogP contribution is 2.12. The highest BCUT2D eigenvalue weighted by Gasteiger charge is 2.07. The van der Waals surface area contributed by atoms with Crippen molar-refractivity contribution >= 4 is 34.2 Å². The molecule has 4 nitrogen and oxygen atoms in total. The number of hydrogen-bond acceptors (Lipinski definition) is 5. The number of benzene rings is 1. The molecular formula is C14H18ClN3OS. The molecule has 2 N–H and O–H groups in total. The summed E-state index contributed by atoms with van der Waals surface area (Å²) in [5.74, 6) is 0.862. The highest BCUT2D eigenvalue weighted by atomic mass is 35.5. The van der Waals surface area contributed by atoms with Gasteiger partial charge in [0.1, 0.15) is 0 Å². The molecule has 0 unspecified atom stereocenters. The lowest BCUT2D eigenvalue weighted by Crippen LogP contribution is -2.15. The molecule has 0 aliphatic carbocycles. The molecular weight excluding hydrogens is 294 g/mol. The molecule has 1 aromatic rings. The average Bonchev–Trinajstić information content (AvgIpc) is 2.46. The highest BCUT2D eigenvalue weighted by molar-refractivity contribution is 8.14. The minimum absolute atomic E-state index is 0.556. The average molecular weight is 312 g/mol. The molecule has 6 heteroatoms. The van der Waals surface area contributed by atoms with Crippen LogP contribution in [0.15, 0.2) is 34.5 Å². The molecule has 0 saturated carbocycles. The first-order valence-electron chi connectivity index (χ1n) is 6.58. The number of unbranched alkanes of at least 4 members (excludes halogenated alkanes) is 1. The van der Waals surface area contributed by atoms with E-state index in [1.807, 2.05) is 24.3 Å². The van der Waals surface area contributed by atoms with Gasteiger partial charge in [-0.1, -0.05) is 35.5 Å². The van der Waals surface area contributed by atoms with Gasteiger partial charge in [-0.15, -0.1) is 5.10 Å². The van der Waals surface area contributed by atoms with E-state index in [2.05, 4.69) is 10.2 Å². The third kappa shape index (κ3) is 5.53. The summed E-state index contributed by atoms with van der Waals surface area (Å²) < 4.78 is 5.63. The van der Waals surface area contributed by atoms with Crippen molar-refractivity contribution < 1.29 is 4.74 Å². The predicted octanol–water partition coefficient (Wildman–Crippen LogP) is 3.44. The molecule has 20 heavy (non-hydrogen) atoms. The molecule has 1 aromatic carbocycles. The van der Waals surface area contributed by atoms with Crippen molar-refractivity contribution in [2.75, 3.05) is 12.4 Å². The van der Waals surface area contributed by atoms with E-state index < -0.39 is 0 Å². The summed E-state index contributed by atoms with van der Waals surface area (Å²) in [6.07, 6.45) is 3.06. The molecule has 0 atom stereocenters. The molecule has 0 bridgehead atoms. The van der Waals surface area contributed by atoms with E-state index in [0.717, 1.165) is 47.9 Å². The van der Waals surface area contributed by atoms with Crippen LogP contribution < -0.4 is 5.73 Å². The van der Waals surface area contributed by atoms with E-state index in [1.165, 1.54) is 0 Å². The summed E-state index contributed by atoms with van der Waals surface area (Å²) in [5, 5.41) is 9.27. The van der Waals surface area contributed by atoms with Gasteiger partial charge in [-0.3, -0.25) is 0 Å². The fourth-order valence-corrected chi connectivity index (χ4v) is 2.50. The maximum absolute atomic E-state index is 5.83. The second-order valence-electron chi connectivity index (χ2n) is 4.53. The lowest BCUT2D eigenvalue weighted by atomic mass is 10.2. The Hall–Kier alpha value is -1.04. The fraction of sp³-hybridized carbons (Fsp3) is 0.429. The van der Waals surface area contributed by atoms with Gasteiger partial charge in [0.2, 0.25) is 0 Å². The van der Waals surface area contributed by atoms with Gasteiger partial charge in [0.15, 0.2) is 5.17 Å². The minimum Gasteiger partial charge on any atom is -0.377 e. The van der Waals surface area contributed by atoms with Crippen molar-refractivity contribution in [1.29, 1.82) is 0 Å². The zero-order chi connectivity index (χ0) is 14.2. The van der Waals surface area contributed by atoms with Gasteiger partial charge in [0.25, 0.3) is 0 Å². The smallest absolute Gasteiger partial charge is 0.180 e. The number of amidine groups is 1. The summed E-state index contributed by atoms with van der Waals surface area (Å²) in [5.41, 5.74) is 7.79. The van der Waals surface area contributed by atoms with Crippen LogP contribution in [0, 0.1) is 0 Å². The van der Waals surface area contributed by atoms with E-state index in [4.69, 9.17) is 22.1 Å². The van der Waals surface area contributed by atoms with E-state index in [-0.39, 0.29) is 0 Å². The van der Waals surface area contributed by atoms with Crippen molar-refractivity contribution in [3.05, 3.63) is 34.9 Å². The Morgan fingerprint density at radius 1 is 1.20 bits per heavy atom. The van der Waals surface area contributed by atoms with Gasteiger partial charge >= 0.3 is 0 Å². The van der Waals surface area contributed by atoms with Gasteiger partial charge in [-0.2, -0.15) is 5.10 Å². The first-order chi connectivity index (χ1) is 9.74. The fourth-order valence-electron chi connectivity index (χ4n) is 1.76. The summed E-state index contributed by atoms with van der Waals surface area (Å²) in [4.78, 5) is 0. The topological polar surface area (TPSA) is 60.0 Å². The van der Waals surface area contributed by atoms with Crippen LogP contribution in [0.25, 0.3) is 0 Å². The molecule has 0 radical (unpaired) electrons. The zero-order valence-electron chi connectivity index (χ0n) is 11.2. The van der Waals surface area contributed by atoms with Crippen molar-refractivity contribution in [2.45, 2.75) is 25.9 Å². The number of nitrogens with two attached hydrogens (primary N) is 1. The van der Waals surface area contributed by atoms with Gasteiger partial charge in [-0.05, 0) is 37.0 Å². The maximum atomic E-state index is 5.83. The Bertz CT molecular complexity index is 488. The van der Waals surface area contributed by atoms with Crippen LogP contribution in [0.2, 0.25) is 5.02 Å². The van der Waals surface area contributed by atoms with Crippen LogP contribution in [-0.2, 0) is 11.3 Å². The van der Waals surface area contributed by atoms with E-state index in [1.54, 1.807) is 11.8 Å². The lowest BCUT2D eigenvalue weighted by molar-refractivity contribution is 0.117. The SMILES string of the molecule is NC1=NN=C(CCCCOCc2ccc(Cl)cc2)CS1. The van der Waals surface area contributed by atoms with Crippen LogP contribution in [0.3, 0.4) is 0 Å². The van der Waals surface area contributed by atoms with Gasteiger partial charge < -0.3 is 10.5 Å².